The summed E-state index contributed by atoms with van der Waals surface area (Å²) in [4.78, 5) is 37.9. The standard InChI is InChI=1S/C22H24N2O5S/c1-3-29-21(27)12-11-19(25)23-16-6-4-5-15(13-16)22-24(20(26)14-30-22)17-7-9-18(28-2)10-8-17/h4-10,13,22H,3,11-12,14H2,1-2H3,(H,23,25). The number of thioether (sulfide) groups is 1. The Kier molecular flexibility index (Phi) is 7.35. The molecule has 1 atom stereocenters. The van der Waals surface area contributed by atoms with Crippen LogP contribution in [0.2, 0.25) is 0 Å². The third-order valence-electron chi connectivity index (χ3n) is 4.54. The Morgan fingerprint density at radius 1 is 1.17 bits per heavy atom. The molecule has 1 fully saturated rings. The molecule has 8 heteroatoms. The number of carbonyl (C=O) groups excluding carboxylic acids is 3. The van der Waals surface area contributed by atoms with Crippen LogP contribution in [0.3, 0.4) is 0 Å². The van der Waals surface area contributed by atoms with E-state index >= 15 is 0 Å². The van der Waals surface area contributed by atoms with E-state index in [0.29, 0.717) is 18.0 Å². The van der Waals surface area contributed by atoms with E-state index < -0.39 is 5.97 Å². The second kappa shape index (κ2) is 10.2. The SMILES string of the molecule is CCOC(=O)CCC(=O)Nc1cccc(C2SCC(=O)N2c2ccc(OC)cc2)c1. The summed E-state index contributed by atoms with van der Waals surface area (Å²) in [5.41, 5.74) is 2.32. The van der Waals surface area contributed by atoms with Gasteiger partial charge in [-0.1, -0.05) is 12.1 Å². The minimum absolute atomic E-state index is 0.0269. The van der Waals surface area contributed by atoms with Crippen LogP contribution in [0, 0.1) is 0 Å². The van der Waals surface area contributed by atoms with Crippen molar-refractivity contribution >= 4 is 40.9 Å². The molecule has 3 rings (SSSR count). The second-order valence-electron chi connectivity index (χ2n) is 6.60. The van der Waals surface area contributed by atoms with E-state index in [9.17, 15) is 14.4 Å². The molecule has 2 aromatic rings. The van der Waals surface area contributed by atoms with Crippen molar-refractivity contribution in [2.45, 2.75) is 25.1 Å². The number of hydrogen-bond acceptors (Lipinski definition) is 6. The van der Waals surface area contributed by atoms with Gasteiger partial charge in [-0.3, -0.25) is 19.3 Å². The number of nitrogens with zero attached hydrogens (tertiary/aromatic N) is 1. The number of methoxy groups -OCH3 is 1. The van der Waals surface area contributed by atoms with Crippen LogP contribution in [0.15, 0.2) is 48.5 Å². The van der Waals surface area contributed by atoms with Gasteiger partial charge in [0.05, 0.1) is 25.9 Å². The van der Waals surface area contributed by atoms with Crippen molar-refractivity contribution in [3.8, 4) is 5.75 Å². The highest BCUT2D eigenvalue weighted by Gasteiger charge is 2.34. The van der Waals surface area contributed by atoms with Crippen molar-refractivity contribution in [1.82, 2.24) is 0 Å². The fourth-order valence-corrected chi connectivity index (χ4v) is 4.30. The van der Waals surface area contributed by atoms with Gasteiger partial charge in [-0.15, -0.1) is 11.8 Å². The molecule has 2 aromatic carbocycles. The first-order valence-corrected chi connectivity index (χ1v) is 10.7. The molecular weight excluding hydrogens is 404 g/mol. The number of carbonyl (C=O) groups is 3. The monoisotopic (exact) mass is 428 g/mol. The number of anilines is 2. The normalized spacial score (nSPS) is 15.7. The Labute approximate surface area is 179 Å². The Bertz CT molecular complexity index is 916. The van der Waals surface area contributed by atoms with Crippen LogP contribution < -0.4 is 15.0 Å². The summed E-state index contributed by atoms with van der Waals surface area (Å²) in [6.07, 6.45) is 0.0925. The molecule has 0 radical (unpaired) electrons. The van der Waals surface area contributed by atoms with Gasteiger partial charge in [0.1, 0.15) is 11.1 Å². The maximum atomic E-state index is 12.5. The number of ether oxygens (including phenoxy) is 2. The average molecular weight is 429 g/mol. The minimum atomic E-state index is -0.391. The van der Waals surface area contributed by atoms with Crippen LogP contribution in [-0.2, 0) is 19.1 Å². The molecule has 0 saturated carbocycles. The smallest absolute Gasteiger partial charge is 0.306 e. The maximum Gasteiger partial charge on any atom is 0.306 e. The molecule has 0 spiro atoms. The van der Waals surface area contributed by atoms with Crippen molar-refractivity contribution in [2.75, 3.05) is 29.7 Å². The van der Waals surface area contributed by atoms with E-state index in [1.54, 1.807) is 25.0 Å². The molecule has 0 bridgehead atoms. The number of rotatable bonds is 8. The fourth-order valence-electron chi connectivity index (χ4n) is 3.13. The summed E-state index contributed by atoms with van der Waals surface area (Å²) in [5, 5.41) is 2.62. The van der Waals surface area contributed by atoms with E-state index in [2.05, 4.69) is 5.32 Å². The molecule has 2 amide bonds. The van der Waals surface area contributed by atoms with Gasteiger partial charge in [0.2, 0.25) is 11.8 Å². The van der Waals surface area contributed by atoms with Crippen LogP contribution in [-0.4, -0.2) is 37.3 Å². The van der Waals surface area contributed by atoms with Gasteiger partial charge in [-0.05, 0) is 48.9 Å². The van der Waals surface area contributed by atoms with Gasteiger partial charge >= 0.3 is 5.97 Å². The van der Waals surface area contributed by atoms with Gasteiger partial charge in [0, 0.05) is 17.8 Å². The largest absolute Gasteiger partial charge is 0.497 e. The third-order valence-corrected chi connectivity index (χ3v) is 5.75. The number of esters is 1. The van der Waals surface area contributed by atoms with Gasteiger partial charge < -0.3 is 14.8 Å². The van der Waals surface area contributed by atoms with Crippen LogP contribution in [0.1, 0.15) is 30.7 Å². The topological polar surface area (TPSA) is 84.9 Å². The molecule has 1 heterocycles. The number of hydrogen-bond donors (Lipinski definition) is 1. The van der Waals surface area contributed by atoms with E-state index in [4.69, 9.17) is 9.47 Å². The van der Waals surface area contributed by atoms with E-state index in [-0.39, 0.29) is 30.0 Å². The summed E-state index contributed by atoms with van der Waals surface area (Å²) in [6, 6.07) is 14.8. The fraction of sp³-hybridized carbons (Fsp3) is 0.318. The molecule has 7 nitrogen and oxygen atoms in total. The molecule has 0 aliphatic carbocycles. The second-order valence-corrected chi connectivity index (χ2v) is 7.67. The molecular formula is C22H24N2O5S. The molecule has 1 N–H and O–H groups in total. The zero-order valence-corrected chi connectivity index (χ0v) is 17.7. The Balaban J connectivity index is 1.71. The quantitative estimate of drug-likeness (QED) is 0.645. The van der Waals surface area contributed by atoms with E-state index in [0.717, 1.165) is 17.0 Å². The summed E-state index contributed by atoms with van der Waals surface area (Å²) < 4.78 is 10.0. The Hall–Kier alpha value is -3.00. The first kappa shape index (κ1) is 21.7. The molecule has 1 saturated heterocycles. The van der Waals surface area contributed by atoms with Crippen molar-refractivity contribution < 1.29 is 23.9 Å². The zero-order chi connectivity index (χ0) is 21.5. The van der Waals surface area contributed by atoms with Crippen molar-refractivity contribution in [2.24, 2.45) is 0 Å². The van der Waals surface area contributed by atoms with Crippen molar-refractivity contribution in [1.29, 1.82) is 0 Å². The number of nitrogens with one attached hydrogen (secondary N) is 1. The number of benzene rings is 2. The van der Waals surface area contributed by atoms with Crippen LogP contribution in [0.4, 0.5) is 11.4 Å². The summed E-state index contributed by atoms with van der Waals surface area (Å²) in [6.45, 7) is 2.02. The highest BCUT2D eigenvalue weighted by atomic mass is 32.2. The van der Waals surface area contributed by atoms with Crippen LogP contribution >= 0.6 is 11.8 Å². The summed E-state index contributed by atoms with van der Waals surface area (Å²) in [5.74, 6) is 0.480. The van der Waals surface area contributed by atoms with E-state index in [1.807, 2.05) is 42.5 Å². The summed E-state index contributed by atoms with van der Waals surface area (Å²) in [7, 11) is 1.60. The lowest BCUT2D eigenvalue weighted by atomic mass is 10.1. The lowest BCUT2D eigenvalue weighted by Crippen LogP contribution is -2.27. The molecule has 0 aromatic heterocycles. The molecule has 30 heavy (non-hydrogen) atoms. The molecule has 1 unspecified atom stereocenters. The van der Waals surface area contributed by atoms with Gasteiger partial charge in [-0.2, -0.15) is 0 Å². The highest BCUT2D eigenvalue weighted by molar-refractivity contribution is 8.00. The van der Waals surface area contributed by atoms with Crippen molar-refractivity contribution in [3.63, 3.8) is 0 Å². The van der Waals surface area contributed by atoms with Crippen LogP contribution in [0.5, 0.6) is 5.75 Å². The highest BCUT2D eigenvalue weighted by Crippen LogP contribution is 2.42. The van der Waals surface area contributed by atoms with Crippen LogP contribution in [0.25, 0.3) is 0 Å². The predicted octanol–water partition coefficient (Wildman–Crippen LogP) is 3.76. The Morgan fingerprint density at radius 2 is 1.93 bits per heavy atom. The molecule has 158 valence electrons. The maximum absolute atomic E-state index is 12.5. The third kappa shape index (κ3) is 5.33. The minimum Gasteiger partial charge on any atom is -0.497 e. The molecule has 1 aliphatic heterocycles. The first-order chi connectivity index (χ1) is 14.5. The first-order valence-electron chi connectivity index (χ1n) is 9.65. The van der Waals surface area contributed by atoms with Gasteiger partial charge in [0.25, 0.3) is 0 Å². The Morgan fingerprint density at radius 3 is 2.63 bits per heavy atom. The molecule has 1 aliphatic rings. The van der Waals surface area contributed by atoms with Gasteiger partial charge in [0.15, 0.2) is 0 Å². The zero-order valence-electron chi connectivity index (χ0n) is 16.9. The number of amides is 2. The lowest BCUT2D eigenvalue weighted by molar-refractivity contribution is -0.144. The average Bonchev–Trinajstić information content (AvgIpc) is 3.14. The summed E-state index contributed by atoms with van der Waals surface area (Å²) >= 11 is 1.53. The lowest BCUT2D eigenvalue weighted by Gasteiger charge is -2.25. The van der Waals surface area contributed by atoms with Crippen molar-refractivity contribution in [3.05, 3.63) is 54.1 Å². The predicted molar refractivity (Wildman–Crippen MR) is 117 cm³/mol. The van der Waals surface area contributed by atoms with E-state index in [1.165, 1.54) is 11.8 Å². The van der Waals surface area contributed by atoms with Gasteiger partial charge in [-0.25, -0.2) is 0 Å².